The van der Waals surface area contributed by atoms with Crippen LogP contribution in [0.3, 0.4) is 0 Å². The van der Waals surface area contributed by atoms with Crippen LogP contribution in [0.2, 0.25) is 0 Å². The zero-order chi connectivity index (χ0) is 20.4. The van der Waals surface area contributed by atoms with Crippen LogP contribution in [0.15, 0.2) is 102 Å². The van der Waals surface area contributed by atoms with Gasteiger partial charge in [-0.15, -0.1) is 0 Å². The molecule has 0 aliphatic heterocycles. The Hall–Kier alpha value is -3.99. The lowest BCUT2D eigenvalue weighted by atomic mass is 10.2. The van der Waals surface area contributed by atoms with Gasteiger partial charge >= 0.3 is 0 Å². The summed E-state index contributed by atoms with van der Waals surface area (Å²) in [4.78, 5) is 13.4. The minimum Gasteiger partial charge on any atom is -0.471 e. The van der Waals surface area contributed by atoms with E-state index in [4.69, 9.17) is 4.74 Å². The Kier molecular flexibility index (Phi) is 6.43. The van der Waals surface area contributed by atoms with Gasteiger partial charge < -0.3 is 10.1 Å². The molecule has 0 unspecified atom stereocenters. The second-order valence-corrected chi connectivity index (χ2v) is 6.66. The molecule has 148 valence electrons. The average Bonchev–Trinajstić information content (AvgIpc) is 2.82. The second-order valence-electron chi connectivity index (χ2n) is 6.66. The molecule has 5 heteroatoms. The number of nitrogens with zero attached hydrogens (tertiary/aromatic N) is 3. The molecule has 0 fully saturated rings. The fraction of sp³-hybridized carbons (Fsp3) is 0.0800. The third-order valence-electron chi connectivity index (χ3n) is 4.45. The number of anilines is 1. The third kappa shape index (κ3) is 5.29. The molecule has 0 spiro atoms. The normalized spacial score (nSPS) is 10.8. The predicted octanol–water partition coefficient (Wildman–Crippen LogP) is 5.42. The fourth-order valence-electron chi connectivity index (χ4n) is 2.90. The molecule has 3 aromatic carbocycles. The summed E-state index contributed by atoms with van der Waals surface area (Å²) in [5.41, 5.74) is 3.78. The lowest BCUT2D eigenvalue weighted by Crippen LogP contribution is -2.04. The molecule has 0 amide bonds. The quantitative estimate of drug-likeness (QED) is 0.406. The highest BCUT2D eigenvalue weighted by Gasteiger charge is 2.12. The number of hydrogen-bond donors (Lipinski definition) is 1. The number of aliphatic imine (C=N–C) groups is 1. The molecule has 1 heterocycles. The standard InChI is InChI=1S/C25H22N4O/c1-4-10-20(11-5-1)16-26-23-24(27-17-21-12-6-2-7-13-21)28-19-29-25(23)30-18-22-14-8-3-9-15-22/h1-16,19H,17-18H2,(H,27,28,29). The SMILES string of the molecule is C(=Nc1c(NCc2ccccc2)ncnc1OCc1ccccc1)c1ccccc1. The van der Waals surface area contributed by atoms with Crippen LogP contribution < -0.4 is 10.1 Å². The first-order valence-electron chi connectivity index (χ1n) is 9.77. The number of benzene rings is 3. The topological polar surface area (TPSA) is 59.4 Å². The molecule has 30 heavy (non-hydrogen) atoms. The minimum atomic E-state index is 0.407. The van der Waals surface area contributed by atoms with Crippen LogP contribution in [0.25, 0.3) is 0 Å². The Balaban J connectivity index is 1.59. The first kappa shape index (κ1) is 19.3. The van der Waals surface area contributed by atoms with Crippen molar-refractivity contribution >= 4 is 17.7 Å². The van der Waals surface area contributed by atoms with Crippen molar-refractivity contribution in [2.75, 3.05) is 5.32 Å². The smallest absolute Gasteiger partial charge is 0.245 e. The van der Waals surface area contributed by atoms with Gasteiger partial charge in [0.2, 0.25) is 5.88 Å². The largest absolute Gasteiger partial charge is 0.471 e. The molecule has 5 nitrogen and oxygen atoms in total. The first-order chi connectivity index (χ1) is 14.9. The van der Waals surface area contributed by atoms with Crippen molar-refractivity contribution < 1.29 is 4.74 Å². The maximum atomic E-state index is 6.00. The predicted molar refractivity (Wildman–Crippen MR) is 120 cm³/mol. The summed E-state index contributed by atoms with van der Waals surface area (Å²) in [6, 6.07) is 30.1. The van der Waals surface area contributed by atoms with E-state index in [0.717, 1.165) is 16.7 Å². The van der Waals surface area contributed by atoms with Gasteiger partial charge in [-0.3, -0.25) is 0 Å². The average molecular weight is 394 g/mol. The first-order valence-corrected chi connectivity index (χ1v) is 9.77. The van der Waals surface area contributed by atoms with Crippen LogP contribution in [0, 0.1) is 0 Å². The van der Waals surface area contributed by atoms with E-state index in [1.165, 1.54) is 6.33 Å². The molecule has 0 atom stereocenters. The Morgan fingerprint density at radius 3 is 2.10 bits per heavy atom. The lowest BCUT2D eigenvalue weighted by Gasteiger charge is -2.12. The highest BCUT2D eigenvalue weighted by atomic mass is 16.5. The van der Waals surface area contributed by atoms with Crippen molar-refractivity contribution in [3.63, 3.8) is 0 Å². The van der Waals surface area contributed by atoms with E-state index in [0.29, 0.717) is 30.5 Å². The summed E-state index contributed by atoms with van der Waals surface area (Å²) in [7, 11) is 0. The van der Waals surface area contributed by atoms with Gasteiger partial charge in [-0.05, 0) is 16.7 Å². The van der Waals surface area contributed by atoms with Crippen LogP contribution in [0.4, 0.5) is 11.5 Å². The van der Waals surface area contributed by atoms with Gasteiger partial charge in [0.1, 0.15) is 12.9 Å². The van der Waals surface area contributed by atoms with E-state index in [-0.39, 0.29) is 0 Å². The van der Waals surface area contributed by atoms with E-state index in [9.17, 15) is 0 Å². The van der Waals surface area contributed by atoms with Crippen LogP contribution in [0.1, 0.15) is 16.7 Å². The summed E-state index contributed by atoms with van der Waals surface area (Å²) in [5.74, 6) is 1.07. The molecule has 1 N–H and O–H groups in total. The molecule has 0 saturated carbocycles. The molecule has 4 rings (SSSR count). The van der Waals surface area contributed by atoms with Crippen LogP contribution in [-0.4, -0.2) is 16.2 Å². The Labute approximate surface area is 176 Å². The van der Waals surface area contributed by atoms with E-state index < -0.39 is 0 Å². The Morgan fingerprint density at radius 2 is 1.40 bits per heavy atom. The minimum absolute atomic E-state index is 0.407. The molecule has 4 aromatic rings. The van der Waals surface area contributed by atoms with Gasteiger partial charge in [-0.25, -0.2) is 9.98 Å². The number of nitrogens with one attached hydrogen (secondary N) is 1. The Bertz CT molecular complexity index is 1020. The van der Waals surface area contributed by atoms with Crippen LogP contribution >= 0.6 is 0 Å². The molecular formula is C25H22N4O. The molecular weight excluding hydrogens is 372 g/mol. The van der Waals surface area contributed by atoms with E-state index in [1.54, 1.807) is 6.21 Å². The highest BCUT2D eigenvalue weighted by Crippen LogP contribution is 2.32. The van der Waals surface area contributed by atoms with E-state index in [1.807, 2.05) is 78.9 Å². The lowest BCUT2D eigenvalue weighted by molar-refractivity contribution is 0.295. The zero-order valence-electron chi connectivity index (χ0n) is 16.5. The number of aromatic nitrogens is 2. The van der Waals surface area contributed by atoms with Crippen LogP contribution in [0.5, 0.6) is 5.88 Å². The summed E-state index contributed by atoms with van der Waals surface area (Å²) in [6.07, 6.45) is 3.29. The maximum absolute atomic E-state index is 6.00. The summed E-state index contributed by atoms with van der Waals surface area (Å²) in [6.45, 7) is 1.04. The second kappa shape index (κ2) is 9.98. The summed E-state index contributed by atoms with van der Waals surface area (Å²) in [5, 5.41) is 3.36. The van der Waals surface area contributed by atoms with Crippen molar-refractivity contribution in [1.82, 2.24) is 9.97 Å². The van der Waals surface area contributed by atoms with Crippen molar-refractivity contribution in [1.29, 1.82) is 0 Å². The van der Waals surface area contributed by atoms with Crippen LogP contribution in [-0.2, 0) is 13.2 Å². The summed E-state index contributed by atoms with van der Waals surface area (Å²) < 4.78 is 6.00. The van der Waals surface area contributed by atoms with Crippen molar-refractivity contribution in [3.05, 3.63) is 114 Å². The van der Waals surface area contributed by atoms with Crippen molar-refractivity contribution in [2.45, 2.75) is 13.2 Å². The third-order valence-corrected chi connectivity index (χ3v) is 4.45. The number of ether oxygens (including phenoxy) is 1. The van der Waals surface area contributed by atoms with Gasteiger partial charge in [-0.1, -0.05) is 91.0 Å². The molecule has 0 aliphatic carbocycles. The van der Waals surface area contributed by atoms with Crippen molar-refractivity contribution in [2.24, 2.45) is 4.99 Å². The Morgan fingerprint density at radius 1 is 0.767 bits per heavy atom. The maximum Gasteiger partial charge on any atom is 0.245 e. The molecule has 0 aliphatic rings. The molecule has 0 bridgehead atoms. The molecule has 0 saturated heterocycles. The fourth-order valence-corrected chi connectivity index (χ4v) is 2.90. The highest BCUT2D eigenvalue weighted by molar-refractivity contribution is 5.84. The van der Waals surface area contributed by atoms with Gasteiger partial charge in [0.25, 0.3) is 0 Å². The van der Waals surface area contributed by atoms with Gasteiger partial charge in [0.05, 0.1) is 0 Å². The van der Waals surface area contributed by atoms with Gasteiger partial charge in [0.15, 0.2) is 11.5 Å². The van der Waals surface area contributed by atoms with Crippen molar-refractivity contribution in [3.8, 4) is 5.88 Å². The van der Waals surface area contributed by atoms with E-state index >= 15 is 0 Å². The molecule has 1 aromatic heterocycles. The number of rotatable bonds is 8. The number of hydrogen-bond acceptors (Lipinski definition) is 5. The monoisotopic (exact) mass is 394 g/mol. The van der Waals surface area contributed by atoms with E-state index in [2.05, 4.69) is 32.4 Å². The van der Waals surface area contributed by atoms with Gasteiger partial charge in [-0.2, -0.15) is 4.98 Å². The summed E-state index contributed by atoms with van der Waals surface area (Å²) >= 11 is 0. The zero-order valence-corrected chi connectivity index (χ0v) is 16.5. The molecule has 0 radical (unpaired) electrons. The van der Waals surface area contributed by atoms with Gasteiger partial charge in [0, 0.05) is 12.8 Å².